The van der Waals surface area contributed by atoms with Gasteiger partial charge >= 0.3 is 0 Å². The number of phenols is 1. The van der Waals surface area contributed by atoms with Crippen molar-refractivity contribution < 1.29 is 9.84 Å². The Morgan fingerprint density at radius 2 is 1.75 bits per heavy atom. The van der Waals surface area contributed by atoms with E-state index in [-0.39, 0.29) is 30.9 Å². The summed E-state index contributed by atoms with van der Waals surface area (Å²) in [6.45, 7) is 9.03. The number of piperazine rings is 1. The van der Waals surface area contributed by atoms with E-state index in [1.54, 1.807) is 6.07 Å². The van der Waals surface area contributed by atoms with Gasteiger partial charge in [-0.25, -0.2) is 0 Å². The van der Waals surface area contributed by atoms with Crippen LogP contribution in [-0.2, 0) is 6.61 Å². The number of ether oxygens (including phenoxy) is 1. The van der Waals surface area contributed by atoms with Gasteiger partial charge in [-0.2, -0.15) is 0 Å². The first-order valence-electron chi connectivity index (χ1n) is 9.63. The quantitative estimate of drug-likeness (QED) is 0.666. The van der Waals surface area contributed by atoms with Crippen LogP contribution >= 0.6 is 24.8 Å². The second-order valence-corrected chi connectivity index (χ2v) is 7.11. The van der Waals surface area contributed by atoms with Crippen LogP contribution in [0.1, 0.15) is 37.4 Å². The summed E-state index contributed by atoms with van der Waals surface area (Å²) >= 11 is 0. The molecule has 2 atom stereocenters. The molecule has 2 aromatic carbocycles. The Labute approximate surface area is 181 Å². The number of phenolic OH excluding ortho intramolecular Hbond substituents is 1. The first-order chi connectivity index (χ1) is 12.7. The lowest BCUT2D eigenvalue weighted by atomic mass is 9.90. The number of hydrogen-bond acceptors (Lipinski definition) is 4. The molecule has 4 nitrogen and oxygen atoms in total. The molecule has 0 saturated carbocycles. The van der Waals surface area contributed by atoms with Crippen LogP contribution in [0.3, 0.4) is 0 Å². The van der Waals surface area contributed by atoms with Crippen LogP contribution in [0.15, 0.2) is 48.5 Å². The molecular formula is C22H32Cl2N2O2. The molecule has 0 bridgehead atoms. The summed E-state index contributed by atoms with van der Waals surface area (Å²) in [6.07, 6.45) is 1.08. The number of aromatic hydroxyl groups is 1. The maximum Gasteiger partial charge on any atom is 0.124 e. The molecule has 0 aliphatic carbocycles. The fraction of sp³-hybridized carbons (Fsp3) is 0.455. The third-order valence-electron chi connectivity index (χ3n) is 5.30. The second kappa shape index (κ2) is 12.2. The molecule has 1 saturated heterocycles. The first kappa shape index (κ1) is 24.6. The van der Waals surface area contributed by atoms with Crippen molar-refractivity contribution in [2.24, 2.45) is 5.92 Å². The normalized spacial score (nSPS) is 16.4. The first-order valence-corrected chi connectivity index (χ1v) is 9.63. The molecule has 28 heavy (non-hydrogen) atoms. The predicted molar refractivity (Wildman–Crippen MR) is 120 cm³/mol. The van der Waals surface area contributed by atoms with Gasteiger partial charge in [-0.05, 0) is 17.5 Å². The van der Waals surface area contributed by atoms with Crippen LogP contribution in [0.2, 0.25) is 0 Å². The van der Waals surface area contributed by atoms with Crippen LogP contribution in [0.25, 0.3) is 0 Å². The highest BCUT2D eigenvalue weighted by Crippen LogP contribution is 2.37. The topological polar surface area (TPSA) is 44.7 Å². The smallest absolute Gasteiger partial charge is 0.124 e. The highest BCUT2D eigenvalue weighted by molar-refractivity contribution is 5.85. The molecule has 0 aromatic heterocycles. The van der Waals surface area contributed by atoms with Crippen LogP contribution in [0.5, 0.6) is 11.5 Å². The summed E-state index contributed by atoms with van der Waals surface area (Å²) in [5.74, 6) is 1.52. The van der Waals surface area contributed by atoms with E-state index in [1.165, 1.54) is 0 Å². The van der Waals surface area contributed by atoms with Gasteiger partial charge < -0.3 is 15.2 Å². The molecule has 1 aliphatic rings. The average Bonchev–Trinajstić information content (AvgIpc) is 2.69. The number of halogens is 2. The lowest BCUT2D eigenvalue weighted by Crippen LogP contribution is -2.46. The molecule has 2 aromatic rings. The summed E-state index contributed by atoms with van der Waals surface area (Å²) in [6, 6.07) is 16.1. The molecule has 1 heterocycles. The van der Waals surface area contributed by atoms with Gasteiger partial charge in [0.1, 0.15) is 18.1 Å². The van der Waals surface area contributed by atoms with E-state index in [1.807, 2.05) is 42.5 Å². The summed E-state index contributed by atoms with van der Waals surface area (Å²) in [4.78, 5) is 2.49. The maximum atomic E-state index is 10.7. The third-order valence-corrected chi connectivity index (χ3v) is 5.30. The minimum Gasteiger partial charge on any atom is -0.507 e. The van der Waals surface area contributed by atoms with E-state index >= 15 is 0 Å². The Balaban J connectivity index is 0.00000196. The minimum atomic E-state index is 0. The number of nitrogens with zero attached hydrogens (tertiary/aromatic N) is 1. The zero-order chi connectivity index (χ0) is 18.4. The molecule has 2 N–H and O–H groups in total. The molecular weight excluding hydrogens is 395 g/mol. The molecule has 1 unspecified atom stereocenters. The van der Waals surface area contributed by atoms with Gasteiger partial charge in [0.15, 0.2) is 0 Å². The van der Waals surface area contributed by atoms with E-state index in [9.17, 15) is 5.11 Å². The van der Waals surface area contributed by atoms with Crippen LogP contribution < -0.4 is 10.1 Å². The van der Waals surface area contributed by atoms with Crippen molar-refractivity contribution >= 4 is 24.8 Å². The summed E-state index contributed by atoms with van der Waals surface area (Å²) in [5.41, 5.74) is 2.13. The lowest BCUT2D eigenvalue weighted by Gasteiger charge is -2.38. The van der Waals surface area contributed by atoms with Crippen LogP contribution in [0.4, 0.5) is 0 Å². The summed E-state index contributed by atoms with van der Waals surface area (Å²) < 4.78 is 5.86. The Morgan fingerprint density at radius 1 is 1.07 bits per heavy atom. The predicted octanol–water partition coefficient (Wildman–Crippen LogP) is 4.81. The van der Waals surface area contributed by atoms with Crippen molar-refractivity contribution in [3.8, 4) is 11.5 Å². The standard InChI is InChI=1S/C22H30N2O2.2ClH/c1-3-17(2)22(24-13-11-23-12-14-24)20-10-9-19(15-21(20)25)26-16-18-7-5-4-6-8-18;;/h4-10,15,17,22-23,25H,3,11-14,16H2,1-2H3;2*1H/t17?,22-;;/m0../s1. The lowest BCUT2D eigenvalue weighted by molar-refractivity contribution is 0.126. The van der Waals surface area contributed by atoms with Crippen molar-refractivity contribution in [3.05, 3.63) is 59.7 Å². The van der Waals surface area contributed by atoms with Gasteiger partial charge in [0.25, 0.3) is 0 Å². The van der Waals surface area contributed by atoms with E-state index in [0.717, 1.165) is 43.7 Å². The van der Waals surface area contributed by atoms with Gasteiger partial charge in [0, 0.05) is 43.9 Å². The van der Waals surface area contributed by atoms with E-state index in [0.29, 0.717) is 24.0 Å². The van der Waals surface area contributed by atoms with Crippen molar-refractivity contribution in [2.45, 2.75) is 32.9 Å². The molecule has 1 aliphatic heterocycles. The van der Waals surface area contributed by atoms with Gasteiger partial charge in [0.05, 0.1) is 0 Å². The zero-order valence-corrected chi connectivity index (χ0v) is 18.3. The molecule has 0 radical (unpaired) electrons. The number of nitrogens with one attached hydrogen (secondary N) is 1. The van der Waals surface area contributed by atoms with Crippen molar-refractivity contribution in [1.29, 1.82) is 0 Å². The molecule has 0 amide bonds. The number of hydrogen-bond donors (Lipinski definition) is 2. The molecule has 156 valence electrons. The molecule has 6 heteroatoms. The largest absolute Gasteiger partial charge is 0.507 e. The van der Waals surface area contributed by atoms with E-state index < -0.39 is 0 Å². The molecule has 0 spiro atoms. The Bertz CT molecular complexity index is 694. The van der Waals surface area contributed by atoms with Gasteiger partial charge in [-0.3, -0.25) is 4.90 Å². The van der Waals surface area contributed by atoms with Crippen LogP contribution in [0, 0.1) is 5.92 Å². The fourth-order valence-corrected chi connectivity index (χ4v) is 3.65. The van der Waals surface area contributed by atoms with Gasteiger partial charge in [-0.15, -0.1) is 24.8 Å². The highest BCUT2D eigenvalue weighted by atomic mass is 35.5. The van der Waals surface area contributed by atoms with E-state index in [2.05, 4.69) is 24.1 Å². The monoisotopic (exact) mass is 426 g/mol. The SMILES string of the molecule is CCC(C)[C@@H](c1ccc(OCc2ccccc2)cc1O)N1CCNCC1.Cl.Cl. The van der Waals surface area contributed by atoms with Gasteiger partial charge in [0.2, 0.25) is 0 Å². The average molecular weight is 427 g/mol. The Hall–Kier alpha value is -1.46. The Morgan fingerprint density at radius 3 is 2.36 bits per heavy atom. The van der Waals surface area contributed by atoms with E-state index in [4.69, 9.17) is 4.74 Å². The Kier molecular flexibility index (Phi) is 10.7. The summed E-state index contributed by atoms with van der Waals surface area (Å²) in [5, 5.41) is 14.1. The van der Waals surface area contributed by atoms with Crippen molar-refractivity contribution in [3.63, 3.8) is 0 Å². The van der Waals surface area contributed by atoms with Gasteiger partial charge in [-0.1, -0.05) is 56.7 Å². The second-order valence-electron chi connectivity index (χ2n) is 7.11. The summed E-state index contributed by atoms with van der Waals surface area (Å²) in [7, 11) is 0. The minimum absolute atomic E-state index is 0. The molecule has 1 fully saturated rings. The van der Waals surface area contributed by atoms with Crippen LogP contribution in [-0.4, -0.2) is 36.2 Å². The number of rotatable bonds is 7. The fourth-order valence-electron chi connectivity index (χ4n) is 3.65. The highest BCUT2D eigenvalue weighted by Gasteiger charge is 2.28. The zero-order valence-electron chi connectivity index (χ0n) is 16.6. The third kappa shape index (κ3) is 6.28. The van der Waals surface area contributed by atoms with Crippen molar-refractivity contribution in [1.82, 2.24) is 10.2 Å². The number of benzene rings is 2. The maximum absolute atomic E-state index is 10.7. The van der Waals surface area contributed by atoms with Crippen molar-refractivity contribution in [2.75, 3.05) is 26.2 Å². The molecule has 3 rings (SSSR count).